The Hall–Kier alpha value is -0.150. The summed E-state index contributed by atoms with van der Waals surface area (Å²) in [5.74, 6) is 0. The summed E-state index contributed by atoms with van der Waals surface area (Å²) in [6, 6.07) is 0. The predicted octanol–water partition coefficient (Wildman–Crippen LogP) is -0.606. The Morgan fingerprint density at radius 1 is 1.27 bits per heavy atom. The summed E-state index contributed by atoms with van der Waals surface area (Å²) in [5, 5.41) is 0. The molecule has 0 aromatic heterocycles. The third-order valence-electron chi connectivity index (χ3n) is 0.612. The number of rotatable bonds is 0. The van der Waals surface area contributed by atoms with E-state index < -0.39 is 7.82 Å². The Kier molecular flexibility index (Phi) is 5.71. The largest absolute Gasteiger partial charge is 0.822 e. The van der Waals surface area contributed by atoms with Gasteiger partial charge in [-0.2, -0.15) is 7.82 Å². The summed E-state index contributed by atoms with van der Waals surface area (Å²) >= 11 is 0. The summed E-state index contributed by atoms with van der Waals surface area (Å²) in [6.45, 7) is 10.0. The van der Waals surface area contributed by atoms with Crippen LogP contribution in [0, 0.1) is 5.41 Å². The van der Waals surface area contributed by atoms with Crippen molar-refractivity contribution in [3.63, 3.8) is 0 Å². The first-order valence-corrected chi connectivity index (χ1v) is 4.39. The molecule has 4 nitrogen and oxygen atoms in total. The van der Waals surface area contributed by atoms with Crippen molar-refractivity contribution in [1.82, 2.24) is 0 Å². The van der Waals surface area contributed by atoms with E-state index in [1.807, 2.05) is 6.08 Å². The standard InChI is InChI=1S/C6H12.H3O4P/c1-5-6(2,3)4;1-5(2,3)4/h5H,1H2,2-4H3;(H3,1,2,3,4)/p-3. The molecule has 0 aliphatic carbocycles. The van der Waals surface area contributed by atoms with E-state index in [2.05, 4.69) is 27.4 Å². The summed E-state index contributed by atoms with van der Waals surface area (Å²) in [7, 11) is -5.39. The van der Waals surface area contributed by atoms with E-state index in [0.29, 0.717) is 5.41 Å². The lowest BCUT2D eigenvalue weighted by atomic mass is 9.98. The minimum atomic E-state index is -5.39. The fraction of sp³-hybridized carbons (Fsp3) is 0.667. The fourth-order valence-corrected chi connectivity index (χ4v) is 0. The van der Waals surface area contributed by atoms with Crippen molar-refractivity contribution >= 4 is 7.82 Å². The second kappa shape index (κ2) is 4.67. The molecule has 0 N–H and O–H groups in total. The monoisotopic (exact) mass is 179 g/mol. The SMILES string of the molecule is C=CC(C)(C)C.O=P([O-])([O-])[O-]. The van der Waals surface area contributed by atoms with Gasteiger partial charge in [-0.3, -0.25) is 0 Å². The number of hydrogen-bond acceptors (Lipinski definition) is 4. The third kappa shape index (κ3) is 74.7. The smallest absolute Gasteiger partial charge is 0.0206 e. The van der Waals surface area contributed by atoms with Crippen LogP contribution in [0.3, 0.4) is 0 Å². The summed E-state index contributed by atoms with van der Waals surface area (Å²) in [6.07, 6.45) is 1.94. The van der Waals surface area contributed by atoms with Crippen molar-refractivity contribution in [2.24, 2.45) is 5.41 Å². The maximum atomic E-state index is 8.55. The van der Waals surface area contributed by atoms with Crippen molar-refractivity contribution in [1.29, 1.82) is 0 Å². The van der Waals surface area contributed by atoms with Gasteiger partial charge in [-0.1, -0.05) is 26.8 Å². The van der Waals surface area contributed by atoms with E-state index in [-0.39, 0.29) is 0 Å². The fourth-order valence-electron chi connectivity index (χ4n) is 0. The first-order chi connectivity index (χ1) is 4.56. The Morgan fingerprint density at radius 2 is 1.36 bits per heavy atom. The van der Waals surface area contributed by atoms with Crippen LogP contribution in [0.2, 0.25) is 0 Å². The van der Waals surface area contributed by atoms with Crippen LogP contribution >= 0.6 is 7.82 Å². The van der Waals surface area contributed by atoms with E-state index in [1.165, 1.54) is 0 Å². The van der Waals surface area contributed by atoms with Gasteiger partial charge in [0, 0.05) is 0 Å². The van der Waals surface area contributed by atoms with Crippen LogP contribution in [-0.2, 0) is 4.57 Å². The summed E-state index contributed by atoms with van der Waals surface area (Å²) < 4.78 is 8.55. The van der Waals surface area contributed by atoms with Gasteiger partial charge in [0.25, 0.3) is 0 Å². The van der Waals surface area contributed by atoms with Gasteiger partial charge >= 0.3 is 0 Å². The van der Waals surface area contributed by atoms with Gasteiger partial charge in [-0.15, -0.1) is 6.58 Å². The van der Waals surface area contributed by atoms with E-state index >= 15 is 0 Å². The highest BCUT2D eigenvalue weighted by Gasteiger charge is 1.99. The molecule has 0 bridgehead atoms. The Morgan fingerprint density at radius 3 is 1.36 bits per heavy atom. The average Bonchev–Trinajstić information content (AvgIpc) is 1.59. The maximum Gasteiger partial charge on any atom is -0.0206 e. The molecule has 0 rings (SSSR count). The van der Waals surface area contributed by atoms with Crippen LogP contribution in [0.1, 0.15) is 20.8 Å². The van der Waals surface area contributed by atoms with Crippen LogP contribution in [-0.4, -0.2) is 0 Å². The van der Waals surface area contributed by atoms with Gasteiger partial charge in [-0.05, 0) is 5.41 Å². The Bertz CT molecular complexity index is 144. The molecular weight excluding hydrogens is 167 g/mol. The molecule has 0 heterocycles. The van der Waals surface area contributed by atoms with Crippen molar-refractivity contribution in [3.05, 3.63) is 12.7 Å². The molecule has 0 amide bonds. The Balaban J connectivity index is 0. The molecule has 0 aromatic carbocycles. The van der Waals surface area contributed by atoms with E-state index in [1.54, 1.807) is 0 Å². The molecule has 0 saturated carbocycles. The average molecular weight is 179 g/mol. The van der Waals surface area contributed by atoms with Crippen LogP contribution in [0.4, 0.5) is 0 Å². The van der Waals surface area contributed by atoms with Gasteiger partial charge in [-0.25, -0.2) is 0 Å². The third-order valence-corrected chi connectivity index (χ3v) is 0.612. The molecule has 0 aliphatic heterocycles. The summed E-state index contributed by atoms with van der Waals surface area (Å²) in [4.78, 5) is 25.6. The molecule has 0 aliphatic rings. The van der Waals surface area contributed by atoms with Gasteiger partial charge in [0.2, 0.25) is 0 Å². The zero-order chi connectivity index (χ0) is 9.71. The Labute approximate surface area is 66.8 Å². The molecular formula is C6H12O4P-3. The second-order valence-electron chi connectivity index (χ2n) is 3.02. The van der Waals surface area contributed by atoms with Gasteiger partial charge in [0.05, 0.1) is 0 Å². The lowest BCUT2D eigenvalue weighted by Gasteiger charge is -2.36. The van der Waals surface area contributed by atoms with E-state index in [9.17, 15) is 0 Å². The van der Waals surface area contributed by atoms with Crippen molar-refractivity contribution < 1.29 is 19.2 Å². The zero-order valence-electron chi connectivity index (χ0n) is 6.86. The quantitative estimate of drug-likeness (QED) is 0.366. The zero-order valence-corrected chi connectivity index (χ0v) is 7.76. The molecule has 5 heteroatoms. The molecule has 0 atom stereocenters. The second-order valence-corrected chi connectivity index (χ2v) is 3.91. The first-order valence-electron chi connectivity index (χ1n) is 2.93. The van der Waals surface area contributed by atoms with Crippen LogP contribution in [0.5, 0.6) is 0 Å². The lowest BCUT2D eigenvalue weighted by molar-refractivity contribution is -0.432. The highest BCUT2D eigenvalue weighted by atomic mass is 31.2. The van der Waals surface area contributed by atoms with Crippen molar-refractivity contribution in [3.8, 4) is 0 Å². The highest BCUT2D eigenvalue weighted by molar-refractivity contribution is 7.40. The molecule has 0 radical (unpaired) electrons. The molecule has 0 unspecified atom stereocenters. The van der Waals surface area contributed by atoms with E-state index in [4.69, 9.17) is 19.2 Å². The van der Waals surface area contributed by atoms with Gasteiger partial charge < -0.3 is 19.2 Å². The van der Waals surface area contributed by atoms with Crippen molar-refractivity contribution in [2.75, 3.05) is 0 Å². The topological polar surface area (TPSA) is 86.2 Å². The number of phosphoric acid groups is 1. The normalized spacial score (nSPS) is 11.5. The highest BCUT2D eigenvalue weighted by Crippen LogP contribution is 2.11. The molecule has 0 saturated heterocycles. The van der Waals surface area contributed by atoms with Gasteiger partial charge in [0.15, 0.2) is 0 Å². The minimum absolute atomic E-state index is 0.306. The molecule has 0 aromatic rings. The first kappa shape index (κ1) is 13.4. The van der Waals surface area contributed by atoms with Crippen LogP contribution in [0.25, 0.3) is 0 Å². The van der Waals surface area contributed by atoms with E-state index in [0.717, 1.165) is 0 Å². The number of hydrogen-bond donors (Lipinski definition) is 0. The molecule has 0 fully saturated rings. The minimum Gasteiger partial charge on any atom is -0.822 e. The molecule has 68 valence electrons. The predicted molar refractivity (Wildman–Crippen MR) is 37.3 cm³/mol. The van der Waals surface area contributed by atoms with Crippen LogP contribution < -0.4 is 14.7 Å². The van der Waals surface area contributed by atoms with Crippen molar-refractivity contribution in [2.45, 2.75) is 20.8 Å². The molecule has 0 spiro atoms. The maximum absolute atomic E-state index is 8.55. The summed E-state index contributed by atoms with van der Waals surface area (Å²) in [5.41, 5.74) is 0.306. The van der Waals surface area contributed by atoms with Gasteiger partial charge in [0.1, 0.15) is 0 Å². The van der Waals surface area contributed by atoms with Crippen LogP contribution in [0.15, 0.2) is 12.7 Å². The molecule has 11 heavy (non-hydrogen) atoms. The lowest BCUT2D eigenvalue weighted by Crippen LogP contribution is -2.24. The number of allylic oxidation sites excluding steroid dienone is 1.